The summed E-state index contributed by atoms with van der Waals surface area (Å²) in [6.45, 7) is 0. The molecule has 1 aromatic carbocycles. The van der Waals surface area contributed by atoms with Crippen molar-refractivity contribution in [2.45, 2.75) is 38.0 Å². The number of carbonyl (C=O) groups is 1. The number of fused-ring (bicyclic) bond motifs is 1. The number of carbonyl (C=O) groups excluding carboxylic acids is 1. The van der Waals surface area contributed by atoms with Crippen LogP contribution in [0.5, 0.6) is 0 Å². The summed E-state index contributed by atoms with van der Waals surface area (Å²) in [6.07, 6.45) is 4.99. The van der Waals surface area contributed by atoms with Crippen molar-refractivity contribution >= 4 is 16.8 Å². The maximum Gasteiger partial charge on any atom is 0.143 e. The average Bonchev–Trinajstić information content (AvgIpc) is 2.65. The van der Waals surface area contributed by atoms with Gasteiger partial charge in [-0.2, -0.15) is 0 Å². The van der Waals surface area contributed by atoms with Crippen LogP contribution < -0.4 is 0 Å². The first kappa shape index (κ1) is 10.6. The zero-order valence-corrected chi connectivity index (χ0v) is 9.82. The normalized spacial score (nSPS) is 21.6. The molecule has 3 rings (SSSR count). The Morgan fingerprint density at radius 3 is 2.88 bits per heavy atom. The maximum atomic E-state index is 12.0. The molecule has 0 aliphatic heterocycles. The van der Waals surface area contributed by atoms with E-state index in [1.165, 1.54) is 6.42 Å². The molecule has 1 heterocycles. The number of para-hydroxylation sites is 1. The quantitative estimate of drug-likeness (QED) is 0.689. The Morgan fingerprint density at radius 1 is 1.12 bits per heavy atom. The fourth-order valence-electron chi connectivity index (χ4n) is 2.63. The number of rotatable bonds is 1. The zero-order chi connectivity index (χ0) is 11.7. The molecule has 0 spiro atoms. The molecule has 2 heteroatoms. The van der Waals surface area contributed by atoms with Crippen molar-refractivity contribution in [3.63, 3.8) is 0 Å². The third kappa shape index (κ3) is 1.99. The van der Waals surface area contributed by atoms with Gasteiger partial charge in [0, 0.05) is 11.8 Å². The van der Waals surface area contributed by atoms with E-state index in [0.29, 0.717) is 12.2 Å². The Bertz CT molecular complexity index is 506. The summed E-state index contributed by atoms with van der Waals surface area (Å²) in [4.78, 5) is 12.0. The van der Waals surface area contributed by atoms with Crippen LogP contribution in [0.4, 0.5) is 0 Å². The van der Waals surface area contributed by atoms with Gasteiger partial charge in [-0.05, 0) is 25.0 Å². The van der Waals surface area contributed by atoms with E-state index >= 15 is 0 Å². The van der Waals surface area contributed by atoms with E-state index in [1.54, 1.807) is 0 Å². The fraction of sp³-hybridized carbons (Fsp3) is 0.400. The van der Waals surface area contributed by atoms with Crippen LogP contribution in [0, 0.1) is 0 Å². The summed E-state index contributed by atoms with van der Waals surface area (Å²) in [5, 5.41) is 1.10. The van der Waals surface area contributed by atoms with Gasteiger partial charge in [0.1, 0.15) is 17.1 Å². The number of hydrogen-bond acceptors (Lipinski definition) is 2. The predicted octanol–water partition coefficient (Wildman–Crippen LogP) is 4.05. The molecule has 2 aromatic rings. The van der Waals surface area contributed by atoms with Gasteiger partial charge in [0.25, 0.3) is 0 Å². The predicted molar refractivity (Wildman–Crippen MR) is 67.0 cm³/mol. The van der Waals surface area contributed by atoms with Gasteiger partial charge in [0.05, 0.1) is 5.92 Å². The van der Waals surface area contributed by atoms with E-state index < -0.39 is 0 Å². The van der Waals surface area contributed by atoms with E-state index in [1.807, 2.05) is 30.3 Å². The number of hydrogen-bond donors (Lipinski definition) is 0. The first-order valence-corrected chi connectivity index (χ1v) is 6.36. The second-order valence-electron chi connectivity index (χ2n) is 4.80. The van der Waals surface area contributed by atoms with Gasteiger partial charge in [-0.25, -0.2) is 0 Å². The maximum absolute atomic E-state index is 12.0. The molecular weight excluding hydrogens is 212 g/mol. The summed E-state index contributed by atoms with van der Waals surface area (Å²) in [5.74, 6) is 1.20. The molecule has 1 fully saturated rings. The van der Waals surface area contributed by atoms with E-state index in [0.717, 1.165) is 36.0 Å². The Hall–Kier alpha value is -1.57. The van der Waals surface area contributed by atoms with E-state index in [4.69, 9.17) is 4.42 Å². The molecular formula is C15H16O2. The van der Waals surface area contributed by atoms with Gasteiger partial charge >= 0.3 is 0 Å². The molecule has 0 N–H and O–H groups in total. The lowest BCUT2D eigenvalue weighted by Gasteiger charge is -2.08. The standard InChI is InChI=1S/C15H16O2/c16-13-8-3-1-2-7-12(13)15-10-11-6-4-5-9-14(11)17-15/h4-6,9-10,12H,1-3,7-8H2. The smallest absolute Gasteiger partial charge is 0.143 e. The highest BCUT2D eigenvalue weighted by Gasteiger charge is 2.25. The second kappa shape index (κ2) is 4.36. The van der Waals surface area contributed by atoms with Crippen molar-refractivity contribution in [2.75, 3.05) is 0 Å². The number of benzene rings is 1. The minimum absolute atomic E-state index is 0.00935. The summed E-state index contributed by atoms with van der Waals surface area (Å²) < 4.78 is 5.81. The fourth-order valence-corrected chi connectivity index (χ4v) is 2.63. The number of furan rings is 1. The highest BCUT2D eigenvalue weighted by molar-refractivity contribution is 5.87. The minimum atomic E-state index is -0.00935. The van der Waals surface area contributed by atoms with Gasteiger partial charge in [0.2, 0.25) is 0 Å². The first-order valence-electron chi connectivity index (χ1n) is 6.36. The SMILES string of the molecule is O=C1CCCCCC1c1cc2ccccc2o1. The Balaban J connectivity index is 1.98. The summed E-state index contributed by atoms with van der Waals surface area (Å²) >= 11 is 0. The molecule has 1 atom stereocenters. The van der Waals surface area contributed by atoms with Crippen LogP contribution in [-0.2, 0) is 4.79 Å². The second-order valence-corrected chi connectivity index (χ2v) is 4.80. The number of ketones is 1. The van der Waals surface area contributed by atoms with Crippen LogP contribution in [0.3, 0.4) is 0 Å². The molecule has 0 saturated heterocycles. The van der Waals surface area contributed by atoms with Crippen LogP contribution in [0.25, 0.3) is 11.0 Å². The van der Waals surface area contributed by atoms with Gasteiger partial charge in [-0.1, -0.05) is 31.0 Å². The van der Waals surface area contributed by atoms with Crippen LogP contribution in [0.2, 0.25) is 0 Å². The summed E-state index contributed by atoms with van der Waals surface area (Å²) in [7, 11) is 0. The summed E-state index contributed by atoms with van der Waals surface area (Å²) in [5.41, 5.74) is 0.888. The topological polar surface area (TPSA) is 30.2 Å². The zero-order valence-electron chi connectivity index (χ0n) is 9.82. The van der Waals surface area contributed by atoms with Crippen molar-refractivity contribution in [3.8, 4) is 0 Å². The molecule has 0 amide bonds. The van der Waals surface area contributed by atoms with Crippen LogP contribution in [0.1, 0.15) is 43.8 Å². The third-order valence-corrected chi connectivity index (χ3v) is 3.59. The Labute approximate surface area is 101 Å². The summed E-state index contributed by atoms with van der Waals surface area (Å²) in [6, 6.07) is 9.98. The lowest BCUT2D eigenvalue weighted by atomic mass is 9.96. The van der Waals surface area contributed by atoms with E-state index in [2.05, 4.69) is 0 Å². The van der Waals surface area contributed by atoms with Gasteiger partial charge in [-0.15, -0.1) is 0 Å². The Kier molecular flexibility index (Phi) is 2.71. The highest BCUT2D eigenvalue weighted by Crippen LogP contribution is 2.32. The van der Waals surface area contributed by atoms with Crippen molar-refractivity contribution in [2.24, 2.45) is 0 Å². The van der Waals surface area contributed by atoms with Crippen LogP contribution in [-0.4, -0.2) is 5.78 Å². The molecule has 17 heavy (non-hydrogen) atoms. The molecule has 0 radical (unpaired) electrons. The highest BCUT2D eigenvalue weighted by atomic mass is 16.3. The third-order valence-electron chi connectivity index (χ3n) is 3.59. The van der Waals surface area contributed by atoms with Crippen molar-refractivity contribution in [1.82, 2.24) is 0 Å². The molecule has 1 saturated carbocycles. The first-order chi connectivity index (χ1) is 8.34. The average molecular weight is 228 g/mol. The van der Waals surface area contributed by atoms with E-state index in [9.17, 15) is 4.79 Å². The molecule has 1 unspecified atom stereocenters. The van der Waals surface area contributed by atoms with E-state index in [-0.39, 0.29) is 5.92 Å². The van der Waals surface area contributed by atoms with Crippen LogP contribution >= 0.6 is 0 Å². The van der Waals surface area contributed by atoms with Crippen molar-refractivity contribution in [1.29, 1.82) is 0 Å². The molecule has 1 aromatic heterocycles. The minimum Gasteiger partial charge on any atom is -0.460 e. The molecule has 0 bridgehead atoms. The Morgan fingerprint density at radius 2 is 2.00 bits per heavy atom. The van der Waals surface area contributed by atoms with Gasteiger partial charge < -0.3 is 4.42 Å². The lowest BCUT2D eigenvalue weighted by Crippen LogP contribution is -2.09. The number of Topliss-reactive ketones (excluding diaryl/α,β-unsaturated/α-hetero) is 1. The molecule has 1 aliphatic carbocycles. The molecule has 1 aliphatic rings. The molecule has 88 valence electrons. The molecule has 2 nitrogen and oxygen atoms in total. The van der Waals surface area contributed by atoms with Crippen molar-refractivity contribution < 1.29 is 9.21 Å². The van der Waals surface area contributed by atoms with Crippen LogP contribution in [0.15, 0.2) is 34.7 Å². The van der Waals surface area contributed by atoms with Gasteiger partial charge in [0.15, 0.2) is 0 Å². The monoisotopic (exact) mass is 228 g/mol. The van der Waals surface area contributed by atoms with Gasteiger partial charge in [-0.3, -0.25) is 4.79 Å². The lowest BCUT2D eigenvalue weighted by molar-refractivity contribution is -0.120. The largest absolute Gasteiger partial charge is 0.460 e. The van der Waals surface area contributed by atoms with Crippen molar-refractivity contribution in [3.05, 3.63) is 36.1 Å².